The van der Waals surface area contributed by atoms with Crippen molar-refractivity contribution in [2.75, 3.05) is 19.4 Å². The molecule has 1 fully saturated rings. The normalized spacial score (nSPS) is 25.8. The van der Waals surface area contributed by atoms with Gasteiger partial charge in [-0.15, -0.1) is 0 Å². The van der Waals surface area contributed by atoms with Crippen molar-refractivity contribution >= 4 is 15.9 Å². The van der Waals surface area contributed by atoms with Gasteiger partial charge in [-0.2, -0.15) is 0 Å². The Labute approximate surface area is 190 Å². The van der Waals surface area contributed by atoms with Gasteiger partial charge in [-0.05, 0) is 38.9 Å². The molecule has 1 aromatic heterocycles. The van der Waals surface area contributed by atoms with E-state index in [-0.39, 0.29) is 30.5 Å². The maximum atomic E-state index is 13.5. The third-order valence-electron chi connectivity index (χ3n) is 6.90. The van der Waals surface area contributed by atoms with Crippen LogP contribution in [0.15, 0.2) is 9.59 Å². The first-order chi connectivity index (χ1) is 14.7. The second-order valence-electron chi connectivity index (χ2n) is 10.1. The van der Waals surface area contributed by atoms with Crippen LogP contribution < -0.4 is 11.2 Å². The summed E-state index contributed by atoms with van der Waals surface area (Å²) in [6.45, 7) is 16.5. The zero-order valence-electron chi connectivity index (χ0n) is 20.4. The maximum Gasteiger partial charge on any atom is 0.331 e. The van der Waals surface area contributed by atoms with Crippen LogP contribution in [0.4, 0.5) is 0 Å². The van der Waals surface area contributed by atoms with Gasteiger partial charge in [0.15, 0.2) is 8.32 Å². The second-order valence-corrected chi connectivity index (χ2v) is 16.9. The van der Waals surface area contributed by atoms with Gasteiger partial charge in [-0.1, -0.05) is 20.8 Å². The van der Waals surface area contributed by atoms with Gasteiger partial charge in [-0.3, -0.25) is 18.9 Å². The maximum absolute atomic E-state index is 13.5. The highest BCUT2D eigenvalue weighted by molar-refractivity contribution is 7.53. The molecule has 0 amide bonds. The Morgan fingerprint density at radius 2 is 1.78 bits per heavy atom. The number of nitrogens with one attached hydrogen (secondary N) is 1. The van der Waals surface area contributed by atoms with E-state index >= 15 is 0 Å². The van der Waals surface area contributed by atoms with Crippen LogP contribution in [0.1, 0.15) is 64.4 Å². The predicted molar refractivity (Wildman–Crippen MR) is 125 cm³/mol. The number of aromatic nitrogens is 2. The van der Waals surface area contributed by atoms with Gasteiger partial charge >= 0.3 is 13.3 Å². The highest BCUT2D eigenvalue weighted by atomic mass is 31.2. The summed E-state index contributed by atoms with van der Waals surface area (Å²) in [6.07, 6.45) is -0.797. The number of H-pyrrole nitrogens is 1. The third-order valence-corrected chi connectivity index (χ3v) is 13.5. The van der Waals surface area contributed by atoms with Crippen LogP contribution in [0, 0.1) is 6.92 Å². The highest BCUT2D eigenvalue weighted by Gasteiger charge is 2.53. The summed E-state index contributed by atoms with van der Waals surface area (Å²) in [6, 6.07) is 0. The van der Waals surface area contributed by atoms with Crippen molar-refractivity contribution in [3.8, 4) is 0 Å². The molecule has 0 aliphatic carbocycles. The summed E-state index contributed by atoms with van der Waals surface area (Å²) >= 11 is 0. The number of ether oxygens (including phenoxy) is 1. The van der Waals surface area contributed by atoms with E-state index in [0.717, 1.165) is 0 Å². The summed E-state index contributed by atoms with van der Waals surface area (Å²) in [4.78, 5) is 27.7. The van der Waals surface area contributed by atoms with Crippen LogP contribution in [-0.2, 0) is 22.8 Å². The average Bonchev–Trinajstić information content (AvgIpc) is 2.99. The SMILES string of the molecule is CCOP(=O)(CC1c2c(C)c(=O)[nH]c(=O)n2[C@H]2CC(O[Si](C)(C)C(C)(C)C)[C@@H]1O2)OCC. The first kappa shape index (κ1) is 25.6. The molecule has 1 N–H and O–H groups in total. The molecule has 0 saturated carbocycles. The molecule has 11 heteroatoms. The number of hydrogen-bond acceptors (Lipinski definition) is 7. The number of rotatable bonds is 8. The second kappa shape index (κ2) is 8.96. The van der Waals surface area contributed by atoms with Gasteiger partial charge in [0.05, 0.1) is 31.6 Å². The summed E-state index contributed by atoms with van der Waals surface area (Å²) in [5, 5.41) is -0.0132. The fourth-order valence-electron chi connectivity index (χ4n) is 4.37. The Kier molecular flexibility index (Phi) is 7.17. The van der Waals surface area contributed by atoms with E-state index in [2.05, 4.69) is 38.8 Å². The van der Waals surface area contributed by atoms with Crippen LogP contribution in [0.25, 0.3) is 0 Å². The highest BCUT2D eigenvalue weighted by Crippen LogP contribution is 2.56. The number of nitrogens with zero attached hydrogens (tertiary/aromatic N) is 1. The molecule has 182 valence electrons. The van der Waals surface area contributed by atoms with Crippen molar-refractivity contribution in [1.82, 2.24) is 9.55 Å². The number of hydrogen-bond donors (Lipinski definition) is 1. The molecule has 2 aliphatic heterocycles. The van der Waals surface area contributed by atoms with Gasteiger partial charge < -0.3 is 18.2 Å². The number of fused-ring (bicyclic) bond motifs is 4. The van der Waals surface area contributed by atoms with Crippen molar-refractivity contribution in [3.63, 3.8) is 0 Å². The van der Waals surface area contributed by atoms with Gasteiger partial charge in [-0.25, -0.2) is 4.79 Å². The first-order valence-electron chi connectivity index (χ1n) is 11.3. The van der Waals surface area contributed by atoms with Gasteiger partial charge in [0.2, 0.25) is 0 Å². The van der Waals surface area contributed by atoms with E-state index in [1.807, 2.05) is 0 Å². The van der Waals surface area contributed by atoms with Crippen LogP contribution >= 0.6 is 7.60 Å². The molecule has 2 aliphatic rings. The van der Waals surface area contributed by atoms with Crippen LogP contribution in [0.3, 0.4) is 0 Å². The molecular weight excluding hydrogens is 451 g/mol. The summed E-state index contributed by atoms with van der Waals surface area (Å²) < 4.78 is 39.1. The average molecular weight is 489 g/mol. The summed E-state index contributed by atoms with van der Waals surface area (Å²) in [5.41, 5.74) is -0.0156. The van der Waals surface area contributed by atoms with E-state index in [0.29, 0.717) is 17.7 Å². The Morgan fingerprint density at radius 1 is 1.19 bits per heavy atom. The van der Waals surface area contributed by atoms with Crippen molar-refractivity contribution in [2.45, 2.75) is 90.4 Å². The lowest BCUT2D eigenvalue weighted by Crippen LogP contribution is -2.48. The number of aromatic amines is 1. The molecule has 9 nitrogen and oxygen atoms in total. The van der Waals surface area contributed by atoms with Crippen LogP contribution in [-0.4, -0.2) is 49.5 Å². The molecular formula is C21H37N2O7PSi. The standard InChI is InChI=1S/C21H37N2O7PSi/c1-9-27-31(26,28-10-2)12-14-17-13(3)19(24)22-20(25)23(17)16-11-15(18(14)29-16)30-32(7,8)21(4,5)6/h14-16,18H,9-12H2,1-8H3,(H,22,24,25)/t14?,15?,16-,18-/m1/s1. The molecule has 3 rings (SSSR count). The molecule has 4 atom stereocenters. The van der Waals surface area contributed by atoms with Crippen molar-refractivity contribution < 1.29 is 22.8 Å². The molecule has 0 spiro atoms. The minimum absolute atomic E-state index is 0.00711. The molecule has 0 aromatic carbocycles. The summed E-state index contributed by atoms with van der Waals surface area (Å²) in [7, 11) is -5.65. The Bertz CT molecular complexity index is 1000. The lowest BCUT2D eigenvalue weighted by atomic mass is 9.94. The van der Waals surface area contributed by atoms with Crippen LogP contribution in [0.2, 0.25) is 18.1 Å². The minimum Gasteiger partial charge on any atom is -0.411 e. The zero-order chi connectivity index (χ0) is 24.1. The Hall–Kier alpha value is -1.03. The van der Waals surface area contributed by atoms with Gasteiger partial charge in [0, 0.05) is 23.6 Å². The fourth-order valence-corrected chi connectivity index (χ4v) is 7.65. The molecule has 2 unspecified atom stereocenters. The molecule has 1 aromatic rings. The lowest BCUT2D eigenvalue weighted by Gasteiger charge is -2.41. The Balaban J connectivity index is 2.11. The topological polar surface area (TPSA) is 109 Å². The quantitative estimate of drug-likeness (QED) is 0.437. The lowest BCUT2D eigenvalue weighted by molar-refractivity contribution is -0.0532. The molecule has 32 heavy (non-hydrogen) atoms. The Morgan fingerprint density at radius 3 is 2.31 bits per heavy atom. The van der Waals surface area contributed by atoms with Gasteiger partial charge in [0.1, 0.15) is 6.23 Å². The minimum atomic E-state index is -3.49. The van der Waals surface area contributed by atoms with E-state index < -0.39 is 45.4 Å². The van der Waals surface area contributed by atoms with Crippen molar-refractivity contribution in [2.24, 2.45) is 0 Å². The molecule has 0 radical (unpaired) electrons. The van der Waals surface area contributed by atoms with Crippen LogP contribution in [0.5, 0.6) is 0 Å². The summed E-state index contributed by atoms with van der Waals surface area (Å²) in [5.74, 6) is -0.539. The van der Waals surface area contributed by atoms with Crippen molar-refractivity contribution in [3.05, 3.63) is 32.1 Å². The van der Waals surface area contributed by atoms with Gasteiger partial charge in [0.25, 0.3) is 5.56 Å². The van der Waals surface area contributed by atoms with E-state index in [4.69, 9.17) is 18.2 Å². The molecule has 1 saturated heterocycles. The van der Waals surface area contributed by atoms with E-state index in [9.17, 15) is 14.2 Å². The van der Waals surface area contributed by atoms with E-state index in [1.54, 1.807) is 20.8 Å². The monoisotopic (exact) mass is 488 g/mol. The van der Waals surface area contributed by atoms with Crippen molar-refractivity contribution in [1.29, 1.82) is 0 Å². The van der Waals surface area contributed by atoms with E-state index in [1.165, 1.54) is 4.57 Å². The largest absolute Gasteiger partial charge is 0.411 e. The zero-order valence-corrected chi connectivity index (χ0v) is 22.3. The molecule has 3 heterocycles. The third kappa shape index (κ3) is 4.63. The molecule has 2 bridgehead atoms. The fraction of sp³-hybridized carbons (Fsp3) is 0.810. The predicted octanol–water partition coefficient (Wildman–Crippen LogP) is 3.89. The smallest absolute Gasteiger partial charge is 0.331 e. The first-order valence-corrected chi connectivity index (χ1v) is 15.9.